The molecule has 2 fully saturated rings. The second kappa shape index (κ2) is 6.22. The summed E-state index contributed by atoms with van der Waals surface area (Å²) >= 11 is 0. The molecule has 0 bridgehead atoms. The molecule has 3 atom stereocenters. The van der Waals surface area contributed by atoms with Gasteiger partial charge >= 0.3 is 0 Å². The number of aryl methyl sites for hydroxylation is 1. The number of hydrogen-bond acceptors (Lipinski definition) is 5. The van der Waals surface area contributed by atoms with Crippen LogP contribution in [0.4, 0.5) is 4.39 Å². The van der Waals surface area contributed by atoms with Crippen LogP contribution >= 0.6 is 0 Å². The van der Waals surface area contributed by atoms with Crippen molar-refractivity contribution >= 4 is 5.91 Å². The molecule has 1 aromatic heterocycles. The van der Waals surface area contributed by atoms with Gasteiger partial charge in [-0.1, -0.05) is 12.1 Å². The lowest BCUT2D eigenvalue weighted by Crippen LogP contribution is -2.34. The molecule has 0 aliphatic carbocycles. The third-order valence-corrected chi connectivity index (χ3v) is 5.26. The molecule has 0 N–H and O–H groups in total. The lowest BCUT2D eigenvalue weighted by Gasteiger charge is -2.29. The highest BCUT2D eigenvalue weighted by Crippen LogP contribution is 2.45. The van der Waals surface area contributed by atoms with Crippen molar-refractivity contribution in [3.63, 3.8) is 0 Å². The normalized spacial score (nSPS) is 26.2. The minimum absolute atomic E-state index is 0.0442. The molecule has 2 aliphatic heterocycles. The first-order chi connectivity index (χ1) is 12.0. The van der Waals surface area contributed by atoms with Crippen LogP contribution in [-0.2, 0) is 11.3 Å². The summed E-state index contributed by atoms with van der Waals surface area (Å²) in [5.41, 5.74) is 0.873. The van der Waals surface area contributed by atoms with Crippen LogP contribution in [0.2, 0.25) is 0 Å². The smallest absolute Gasteiger partial charge is 0.230 e. The largest absolute Gasteiger partial charge is 0.424 e. The van der Waals surface area contributed by atoms with Crippen molar-refractivity contribution in [1.82, 2.24) is 20.0 Å². The van der Waals surface area contributed by atoms with Gasteiger partial charge in [-0.2, -0.15) is 0 Å². The number of halogens is 1. The highest BCUT2D eigenvalue weighted by molar-refractivity contribution is 5.74. The fourth-order valence-electron chi connectivity index (χ4n) is 4.30. The number of carbonyl (C=O) groups excluding carboxylic acids is 1. The van der Waals surface area contributed by atoms with E-state index in [1.54, 1.807) is 26.0 Å². The molecule has 0 spiro atoms. The summed E-state index contributed by atoms with van der Waals surface area (Å²) in [6, 6.07) is 6.54. The molecule has 25 heavy (non-hydrogen) atoms. The van der Waals surface area contributed by atoms with E-state index >= 15 is 0 Å². The monoisotopic (exact) mass is 344 g/mol. The molecule has 1 amide bonds. The molecule has 0 saturated carbocycles. The Balaban J connectivity index is 1.56. The van der Waals surface area contributed by atoms with Crippen molar-refractivity contribution in [1.29, 1.82) is 0 Å². The summed E-state index contributed by atoms with van der Waals surface area (Å²) in [6.07, 6.45) is 0. The Morgan fingerprint density at radius 2 is 2.16 bits per heavy atom. The number of rotatable bonds is 3. The molecule has 0 radical (unpaired) electrons. The van der Waals surface area contributed by atoms with Gasteiger partial charge in [0.05, 0.1) is 12.6 Å². The molecule has 132 valence electrons. The standard InChI is InChI=1S/C18H21FN4O2/c1-11-20-21-17(25-11)10-22-7-14-8-23(12(2)24)18(16(14)9-22)13-4-3-5-15(19)6-13/h3-6,14,16,18H,7-10H2,1-2H3/t14-,16-,18+/m1/s1. The van der Waals surface area contributed by atoms with Gasteiger partial charge in [-0.3, -0.25) is 9.69 Å². The Hall–Kier alpha value is -2.28. The van der Waals surface area contributed by atoms with Crippen LogP contribution in [0.15, 0.2) is 28.7 Å². The second-order valence-corrected chi connectivity index (χ2v) is 7.00. The minimum atomic E-state index is -0.263. The summed E-state index contributed by atoms with van der Waals surface area (Å²) in [6.45, 7) is 6.40. The van der Waals surface area contributed by atoms with Gasteiger partial charge in [-0.05, 0) is 23.6 Å². The maximum absolute atomic E-state index is 13.7. The molecule has 2 saturated heterocycles. The van der Waals surface area contributed by atoms with Crippen molar-refractivity contribution < 1.29 is 13.6 Å². The third-order valence-electron chi connectivity index (χ3n) is 5.26. The van der Waals surface area contributed by atoms with E-state index in [0.717, 1.165) is 18.7 Å². The summed E-state index contributed by atoms with van der Waals surface area (Å²) in [5, 5.41) is 7.93. The topological polar surface area (TPSA) is 62.5 Å². The Kier molecular flexibility index (Phi) is 4.03. The molecule has 6 nitrogen and oxygen atoms in total. The SMILES string of the molecule is CC(=O)N1C[C@H]2CN(Cc3nnc(C)o3)C[C@H]2[C@@H]1c1cccc(F)c1. The van der Waals surface area contributed by atoms with Crippen LogP contribution in [0, 0.1) is 24.6 Å². The van der Waals surface area contributed by atoms with Crippen molar-refractivity contribution in [2.75, 3.05) is 19.6 Å². The zero-order chi connectivity index (χ0) is 17.6. The molecular formula is C18H21FN4O2. The summed E-state index contributed by atoms with van der Waals surface area (Å²) in [5.74, 6) is 1.62. The number of aromatic nitrogens is 2. The zero-order valence-corrected chi connectivity index (χ0v) is 14.4. The van der Waals surface area contributed by atoms with E-state index in [9.17, 15) is 9.18 Å². The van der Waals surface area contributed by atoms with Crippen LogP contribution in [0.3, 0.4) is 0 Å². The first-order valence-corrected chi connectivity index (χ1v) is 8.55. The average molecular weight is 344 g/mol. The number of carbonyl (C=O) groups is 1. The number of amides is 1. The predicted molar refractivity (Wildman–Crippen MR) is 87.8 cm³/mol. The molecule has 4 rings (SSSR count). The lowest BCUT2D eigenvalue weighted by atomic mass is 9.89. The van der Waals surface area contributed by atoms with E-state index < -0.39 is 0 Å². The van der Waals surface area contributed by atoms with Gasteiger partial charge in [0, 0.05) is 39.4 Å². The van der Waals surface area contributed by atoms with Gasteiger partial charge in [0.2, 0.25) is 17.7 Å². The van der Waals surface area contributed by atoms with E-state index in [1.165, 1.54) is 6.07 Å². The molecule has 2 aromatic rings. The number of hydrogen-bond donors (Lipinski definition) is 0. The Bertz CT molecular complexity index is 793. The quantitative estimate of drug-likeness (QED) is 0.854. The molecular weight excluding hydrogens is 323 g/mol. The number of benzene rings is 1. The van der Waals surface area contributed by atoms with Gasteiger partial charge in [-0.25, -0.2) is 4.39 Å². The fourth-order valence-corrected chi connectivity index (χ4v) is 4.30. The molecule has 7 heteroatoms. The van der Waals surface area contributed by atoms with Crippen molar-refractivity contribution in [3.05, 3.63) is 47.4 Å². The van der Waals surface area contributed by atoms with Crippen LogP contribution < -0.4 is 0 Å². The second-order valence-electron chi connectivity index (χ2n) is 7.00. The maximum Gasteiger partial charge on any atom is 0.230 e. The third kappa shape index (κ3) is 3.04. The van der Waals surface area contributed by atoms with Gasteiger partial charge < -0.3 is 9.32 Å². The summed E-state index contributed by atoms with van der Waals surface area (Å²) in [7, 11) is 0. The van der Waals surface area contributed by atoms with Crippen LogP contribution in [0.25, 0.3) is 0 Å². The predicted octanol–water partition coefficient (Wildman–Crippen LogP) is 2.17. The Morgan fingerprint density at radius 3 is 2.84 bits per heavy atom. The average Bonchev–Trinajstić information content (AvgIpc) is 3.21. The van der Waals surface area contributed by atoms with Crippen LogP contribution in [0.5, 0.6) is 0 Å². The first kappa shape index (κ1) is 16.2. The van der Waals surface area contributed by atoms with Crippen molar-refractivity contribution in [2.45, 2.75) is 26.4 Å². The molecule has 2 aliphatic rings. The zero-order valence-electron chi connectivity index (χ0n) is 14.4. The Labute approximate surface area is 145 Å². The van der Waals surface area contributed by atoms with Crippen molar-refractivity contribution in [3.8, 4) is 0 Å². The van der Waals surface area contributed by atoms with Gasteiger partial charge in [0.1, 0.15) is 5.82 Å². The van der Waals surface area contributed by atoms with Crippen molar-refractivity contribution in [2.24, 2.45) is 11.8 Å². The van der Waals surface area contributed by atoms with E-state index in [0.29, 0.717) is 30.8 Å². The fraction of sp³-hybridized carbons (Fsp3) is 0.500. The maximum atomic E-state index is 13.7. The highest BCUT2D eigenvalue weighted by atomic mass is 19.1. The van der Waals surface area contributed by atoms with E-state index in [1.807, 2.05) is 11.0 Å². The summed E-state index contributed by atoms with van der Waals surface area (Å²) in [4.78, 5) is 16.3. The summed E-state index contributed by atoms with van der Waals surface area (Å²) < 4.78 is 19.2. The molecule has 1 aromatic carbocycles. The van der Waals surface area contributed by atoms with E-state index in [-0.39, 0.29) is 23.7 Å². The highest BCUT2D eigenvalue weighted by Gasteiger charge is 2.48. The first-order valence-electron chi connectivity index (χ1n) is 8.55. The lowest BCUT2D eigenvalue weighted by molar-refractivity contribution is -0.130. The van der Waals surface area contributed by atoms with E-state index in [4.69, 9.17) is 4.42 Å². The Morgan fingerprint density at radius 1 is 1.32 bits per heavy atom. The van der Waals surface area contributed by atoms with Gasteiger partial charge in [0.15, 0.2) is 0 Å². The van der Waals surface area contributed by atoms with Gasteiger partial charge in [-0.15, -0.1) is 10.2 Å². The number of likely N-dealkylation sites (tertiary alicyclic amines) is 2. The number of fused-ring (bicyclic) bond motifs is 1. The van der Waals surface area contributed by atoms with Crippen LogP contribution in [0.1, 0.15) is 30.3 Å². The molecule has 3 heterocycles. The van der Waals surface area contributed by atoms with E-state index in [2.05, 4.69) is 15.1 Å². The number of nitrogens with zero attached hydrogens (tertiary/aromatic N) is 4. The molecule has 0 unspecified atom stereocenters. The van der Waals surface area contributed by atoms with Gasteiger partial charge in [0.25, 0.3) is 0 Å². The minimum Gasteiger partial charge on any atom is -0.424 e. The van der Waals surface area contributed by atoms with Crippen LogP contribution in [-0.4, -0.2) is 45.5 Å².